The Morgan fingerprint density at radius 2 is 2.00 bits per heavy atom. The third-order valence-corrected chi connectivity index (χ3v) is 3.66. The number of amides is 1. The van der Waals surface area contributed by atoms with Gasteiger partial charge in [-0.1, -0.05) is 30.3 Å². The van der Waals surface area contributed by atoms with Crippen LogP contribution in [0.3, 0.4) is 0 Å². The molecule has 1 aliphatic rings. The highest BCUT2D eigenvalue weighted by Crippen LogP contribution is 2.38. The molecule has 1 atom stereocenters. The number of hydrogen-bond acceptors (Lipinski definition) is 4. The molecule has 2 aromatic rings. The number of carbonyl (C=O) groups excluding carboxylic acids is 2. The van der Waals surface area contributed by atoms with Gasteiger partial charge in [-0.2, -0.15) is 4.98 Å². The van der Waals surface area contributed by atoms with E-state index in [0.29, 0.717) is 17.9 Å². The SMILES string of the molecule is O=CNC(C(=O)c1ccccc1)n1ccc(C2CC2)nc1=O. The molecule has 112 valence electrons. The quantitative estimate of drug-likeness (QED) is 0.642. The van der Waals surface area contributed by atoms with Crippen LogP contribution in [0.5, 0.6) is 0 Å². The Balaban J connectivity index is 1.95. The van der Waals surface area contributed by atoms with Crippen molar-refractivity contribution in [1.82, 2.24) is 14.9 Å². The molecule has 0 aliphatic heterocycles. The summed E-state index contributed by atoms with van der Waals surface area (Å²) in [6.07, 6.45) is 2.91. The molecule has 0 bridgehead atoms. The minimum atomic E-state index is -1.09. The zero-order chi connectivity index (χ0) is 15.5. The van der Waals surface area contributed by atoms with Gasteiger partial charge in [-0.25, -0.2) is 4.79 Å². The summed E-state index contributed by atoms with van der Waals surface area (Å²) in [5.74, 6) is -0.0135. The molecule has 1 unspecified atom stereocenters. The second kappa shape index (κ2) is 5.93. The molecule has 1 N–H and O–H groups in total. The van der Waals surface area contributed by atoms with E-state index < -0.39 is 11.9 Å². The summed E-state index contributed by atoms with van der Waals surface area (Å²) in [5, 5.41) is 2.40. The fourth-order valence-electron chi connectivity index (χ4n) is 2.34. The number of nitrogens with one attached hydrogen (secondary N) is 1. The van der Waals surface area contributed by atoms with Crippen LogP contribution in [0, 0.1) is 0 Å². The number of nitrogens with zero attached hydrogens (tertiary/aromatic N) is 2. The Bertz CT molecular complexity index is 751. The average Bonchev–Trinajstić information content (AvgIpc) is 3.38. The van der Waals surface area contributed by atoms with Gasteiger partial charge in [0, 0.05) is 17.7 Å². The van der Waals surface area contributed by atoms with Crippen molar-refractivity contribution in [2.24, 2.45) is 0 Å². The molecule has 1 saturated carbocycles. The van der Waals surface area contributed by atoms with Gasteiger partial charge in [0.25, 0.3) is 0 Å². The number of rotatable bonds is 6. The van der Waals surface area contributed by atoms with Gasteiger partial charge in [0.05, 0.1) is 5.69 Å². The number of ketones is 1. The van der Waals surface area contributed by atoms with E-state index in [1.807, 2.05) is 0 Å². The maximum absolute atomic E-state index is 12.5. The van der Waals surface area contributed by atoms with E-state index in [9.17, 15) is 14.4 Å². The summed E-state index contributed by atoms with van der Waals surface area (Å²) in [4.78, 5) is 39.5. The standard InChI is InChI=1S/C16H15N3O3/c20-10-17-15(14(21)12-4-2-1-3-5-12)19-9-8-13(11-6-7-11)18-16(19)22/h1-5,8-11,15H,6-7H2,(H,17,20). The number of hydrogen-bond donors (Lipinski definition) is 1. The van der Waals surface area contributed by atoms with Gasteiger partial charge in [-0.15, -0.1) is 0 Å². The maximum Gasteiger partial charge on any atom is 0.349 e. The van der Waals surface area contributed by atoms with Crippen molar-refractivity contribution in [2.75, 3.05) is 0 Å². The molecule has 1 aromatic heterocycles. The lowest BCUT2D eigenvalue weighted by molar-refractivity contribution is -0.110. The van der Waals surface area contributed by atoms with Crippen LogP contribution >= 0.6 is 0 Å². The molecule has 1 heterocycles. The van der Waals surface area contributed by atoms with E-state index in [0.717, 1.165) is 23.1 Å². The summed E-state index contributed by atoms with van der Waals surface area (Å²) in [5.41, 5.74) is 0.631. The lowest BCUT2D eigenvalue weighted by Gasteiger charge is -2.17. The van der Waals surface area contributed by atoms with Crippen LogP contribution < -0.4 is 11.0 Å². The van der Waals surface area contributed by atoms with Crippen LogP contribution in [0.1, 0.15) is 41.0 Å². The van der Waals surface area contributed by atoms with Crippen molar-refractivity contribution in [1.29, 1.82) is 0 Å². The summed E-state index contributed by atoms with van der Waals surface area (Å²) in [6.45, 7) is 0. The molecule has 0 saturated heterocycles. The Kier molecular flexibility index (Phi) is 3.82. The van der Waals surface area contributed by atoms with E-state index in [2.05, 4.69) is 10.3 Å². The average molecular weight is 297 g/mol. The monoisotopic (exact) mass is 297 g/mol. The molecule has 0 radical (unpaired) electrons. The number of Topliss-reactive ketones (excluding diaryl/α,β-unsaturated/α-hetero) is 1. The van der Waals surface area contributed by atoms with E-state index in [1.54, 1.807) is 36.4 Å². The molecule has 1 aromatic carbocycles. The smallest absolute Gasteiger partial charge is 0.331 e. The van der Waals surface area contributed by atoms with Crippen LogP contribution in [0.25, 0.3) is 0 Å². The summed E-state index contributed by atoms with van der Waals surface area (Å²) in [6, 6.07) is 10.2. The zero-order valence-electron chi connectivity index (χ0n) is 11.8. The topological polar surface area (TPSA) is 81.1 Å². The number of aromatic nitrogens is 2. The van der Waals surface area contributed by atoms with Crippen molar-refractivity contribution >= 4 is 12.2 Å². The first-order valence-electron chi connectivity index (χ1n) is 7.09. The normalized spacial score (nSPS) is 15.1. The Labute approximate surface area is 126 Å². The zero-order valence-corrected chi connectivity index (χ0v) is 11.8. The Morgan fingerprint density at radius 1 is 1.27 bits per heavy atom. The van der Waals surface area contributed by atoms with Crippen molar-refractivity contribution in [3.05, 3.63) is 64.3 Å². The first-order chi connectivity index (χ1) is 10.7. The predicted molar refractivity (Wildman–Crippen MR) is 79.5 cm³/mol. The fourth-order valence-corrected chi connectivity index (χ4v) is 2.34. The van der Waals surface area contributed by atoms with Gasteiger partial charge in [-0.05, 0) is 18.9 Å². The first kappa shape index (κ1) is 14.2. The Morgan fingerprint density at radius 3 is 2.59 bits per heavy atom. The van der Waals surface area contributed by atoms with Gasteiger partial charge in [0.1, 0.15) is 0 Å². The highest BCUT2D eigenvalue weighted by Gasteiger charge is 2.27. The largest absolute Gasteiger partial charge is 0.349 e. The first-order valence-corrected chi connectivity index (χ1v) is 7.09. The molecule has 3 rings (SSSR count). The highest BCUT2D eigenvalue weighted by molar-refractivity contribution is 5.99. The second-order valence-electron chi connectivity index (χ2n) is 5.23. The molecule has 6 heteroatoms. The van der Waals surface area contributed by atoms with Gasteiger partial charge >= 0.3 is 5.69 Å². The third-order valence-electron chi connectivity index (χ3n) is 3.66. The second-order valence-corrected chi connectivity index (χ2v) is 5.23. The minimum Gasteiger partial charge on any atom is -0.331 e. The van der Waals surface area contributed by atoms with Crippen molar-refractivity contribution in [2.45, 2.75) is 24.9 Å². The molecule has 1 aliphatic carbocycles. The van der Waals surface area contributed by atoms with Crippen LogP contribution in [0.15, 0.2) is 47.4 Å². The molecule has 1 amide bonds. The fraction of sp³-hybridized carbons (Fsp3) is 0.250. The van der Waals surface area contributed by atoms with E-state index in [-0.39, 0.29) is 5.78 Å². The molecule has 6 nitrogen and oxygen atoms in total. The molecule has 22 heavy (non-hydrogen) atoms. The molecule has 0 spiro atoms. The Hall–Kier alpha value is -2.76. The predicted octanol–water partition coefficient (Wildman–Crippen LogP) is 1.25. The van der Waals surface area contributed by atoms with Crippen molar-refractivity contribution in [3.8, 4) is 0 Å². The lowest BCUT2D eigenvalue weighted by atomic mass is 10.1. The number of carbonyl (C=O) groups is 2. The van der Waals surface area contributed by atoms with Crippen LogP contribution in [-0.4, -0.2) is 21.7 Å². The van der Waals surface area contributed by atoms with Crippen LogP contribution in [0.2, 0.25) is 0 Å². The minimum absolute atomic E-state index is 0.352. The van der Waals surface area contributed by atoms with Crippen LogP contribution in [-0.2, 0) is 4.79 Å². The summed E-state index contributed by atoms with van der Waals surface area (Å²) < 4.78 is 1.15. The molecular formula is C16H15N3O3. The van der Waals surface area contributed by atoms with Crippen molar-refractivity contribution < 1.29 is 9.59 Å². The van der Waals surface area contributed by atoms with Gasteiger partial charge in [-0.3, -0.25) is 14.2 Å². The van der Waals surface area contributed by atoms with E-state index in [1.165, 1.54) is 6.20 Å². The van der Waals surface area contributed by atoms with Gasteiger partial charge in [0.15, 0.2) is 6.17 Å². The van der Waals surface area contributed by atoms with Crippen molar-refractivity contribution in [3.63, 3.8) is 0 Å². The molecule has 1 fully saturated rings. The van der Waals surface area contributed by atoms with E-state index in [4.69, 9.17) is 0 Å². The maximum atomic E-state index is 12.5. The number of benzene rings is 1. The summed E-state index contributed by atoms with van der Waals surface area (Å²) >= 11 is 0. The third kappa shape index (κ3) is 2.81. The highest BCUT2D eigenvalue weighted by atomic mass is 16.2. The van der Waals surface area contributed by atoms with Gasteiger partial charge in [0.2, 0.25) is 12.2 Å². The lowest BCUT2D eigenvalue weighted by Crippen LogP contribution is -2.39. The van der Waals surface area contributed by atoms with E-state index >= 15 is 0 Å². The van der Waals surface area contributed by atoms with Crippen LogP contribution in [0.4, 0.5) is 0 Å². The summed E-state index contributed by atoms with van der Waals surface area (Å²) in [7, 11) is 0. The van der Waals surface area contributed by atoms with Gasteiger partial charge < -0.3 is 5.32 Å². The molecular weight excluding hydrogens is 282 g/mol.